The number of morpholine rings is 1. The Hall–Kier alpha value is -1.55. The molecule has 1 heterocycles. The topological polar surface area (TPSA) is 38.8 Å². The van der Waals surface area contributed by atoms with Crippen molar-refractivity contribution in [3.05, 3.63) is 29.3 Å². The normalized spacial score (nSPS) is 18.9. The highest BCUT2D eigenvalue weighted by molar-refractivity contribution is 5.76. The largest absolute Gasteiger partial charge is 0.493 e. The van der Waals surface area contributed by atoms with Crippen molar-refractivity contribution < 1.29 is 14.3 Å². The summed E-state index contributed by atoms with van der Waals surface area (Å²) < 4.78 is 11.2. The van der Waals surface area contributed by atoms with Gasteiger partial charge >= 0.3 is 0 Å². The molecule has 1 saturated heterocycles. The molecule has 1 aliphatic heterocycles. The molecule has 20 heavy (non-hydrogen) atoms. The lowest BCUT2D eigenvalue weighted by Gasteiger charge is -2.31. The number of carbonyl (C=O) groups is 1. The van der Waals surface area contributed by atoms with E-state index in [2.05, 4.69) is 13.0 Å². The minimum atomic E-state index is 0.132. The molecule has 1 atom stereocenters. The molecule has 0 spiro atoms. The molecule has 0 aliphatic carbocycles. The summed E-state index contributed by atoms with van der Waals surface area (Å²) in [6, 6.07) is 5.98. The standard InChI is InChI=1S/C16H23NO3/c1-12-5-4-6-15(14(12)3)20-9-7-16(18)17-8-10-19-13(2)11-17/h4-6,13H,7-11H2,1-3H3. The van der Waals surface area contributed by atoms with Crippen molar-refractivity contribution in [2.24, 2.45) is 0 Å². The summed E-state index contributed by atoms with van der Waals surface area (Å²) in [6.45, 7) is 8.51. The predicted molar refractivity (Wildman–Crippen MR) is 78.0 cm³/mol. The van der Waals surface area contributed by atoms with Gasteiger partial charge in [-0.2, -0.15) is 0 Å². The monoisotopic (exact) mass is 277 g/mol. The highest BCUT2D eigenvalue weighted by atomic mass is 16.5. The molecule has 0 radical (unpaired) electrons. The number of rotatable bonds is 4. The Balaban J connectivity index is 1.80. The molecule has 1 aromatic rings. The van der Waals surface area contributed by atoms with Crippen LogP contribution in [0.15, 0.2) is 18.2 Å². The van der Waals surface area contributed by atoms with E-state index in [0.29, 0.717) is 32.7 Å². The lowest BCUT2D eigenvalue weighted by Crippen LogP contribution is -2.44. The van der Waals surface area contributed by atoms with E-state index in [0.717, 1.165) is 11.3 Å². The van der Waals surface area contributed by atoms with Gasteiger partial charge < -0.3 is 14.4 Å². The highest BCUT2D eigenvalue weighted by Crippen LogP contribution is 2.20. The number of carbonyl (C=O) groups excluding carboxylic acids is 1. The second kappa shape index (κ2) is 6.75. The summed E-state index contributed by atoms with van der Waals surface area (Å²) in [5.74, 6) is 1.01. The van der Waals surface area contributed by atoms with Crippen LogP contribution >= 0.6 is 0 Å². The first-order valence-corrected chi connectivity index (χ1v) is 7.16. The first-order chi connectivity index (χ1) is 9.58. The Morgan fingerprint density at radius 1 is 1.45 bits per heavy atom. The van der Waals surface area contributed by atoms with Crippen molar-refractivity contribution in [1.82, 2.24) is 4.90 Å². The molecule has 0 bridgehead atoms. The molecule has 1 unspecified atom stereocenters. The van der Waals surface area contributed by atoms with Crippen molar-refractivity contribution in [2.75, 3.05) is 26.3 Å². The SMILES string of the molecule is Cc1cccc(OCCC(=O)N2CCOC(C)C2)c1C. The fraction of sp³-hybridized carbons (Fsp3) is 0.562. The fourth-order valence-electron chi connectivity index (χ4n) is 2.33. The van der Waals surface area contributed by atoms with Gasteiger partial charge in [-0.3, -0.25) is 4.79 Å². The van der Waals surface area contributed by atoms with Crippen LogP contribution in [0.2, 0.25) is 0 Å². The quantitative estimate of drug-likeness (QED) is 0.848. The van der Waals surface area contributed by atoms with Crippen molar-refractivity contribution in [2.45, 2.75) is 33.3 Å². The van der Waals surface area contributed by atoms with Crippen LogP contribution in [0.5, 0.6) is 5.75 Å². The molecule has 0 saturated carbocycles. The number of nitrogens with zero attached hydrogens (tertiary/aromatic N) is 1. The van der Waals surface area contributed by atoms with Crippen molar-refractivity contribution >= 4 is 5.91 Å². The van der Waals surface area contributed by atoms with Gasteiger partial charge in [0.05, 0.1) is 25.7 Å². The second-order valence-corrected chi connectivity index (χ2v) is 5.32. The van der Waals surface area contributed by atoms with Gasteiger partial charge in [-0.1, -0.05) is 12.1 Å². The van der Waals surface area contributed by atoms with Gasteiger partial charge in [-0.05, 0) is 38.0 Å². The zero-order valence-electron chi connectivity index (χ0n) is 12.5. The Bertz CT molecular complexity index is 473. The molecule has 1 amide bonds. The second-order valence-electron chi connectivity index (χ2n) is 5.32. The van der Waals surface area contributed by atoms with E-state index in [-0.39, 0.29) is 12.0 Å². The summed E-state index contributed by atoms with van der Waals surface area (Å²) in [6.07, 6.45) is 0.549. The predicted octanol–water partition coefficient (Wildman–Crippen LogP) is 2.32. The summed E-state index contributed by atoms with van der Waals surface area (Å²) >= 11 is 0. The minimum absolute atomic E-state index is 0.132. The van der Waals surface area contributed by atoms with Gasteiger partial charge in [0.15, 0.2) is 0 Å². The van der Waals surface area contributed by atoms with Crippen molar-refractivity contribution in [3.63, 3.8) is 0 Å². The van der Waals surface area contributed by atoms with Crippen LogP contribution in [0, 0.1) is 13.8 Å². The minimum Gasteiger partial charge on any atom is -0.493 e. The maximum absolute atomic E-state index is 12.1. The summed E-state index contributed by atoms with van der Waals surface area (Å²) in [5, 5.41) is 0. The zero-order valence-corrected chi connectivity index (χ0v) is 12.5. The Morgan fingerprint density at radius 3 is 3.00 bits per heavy atom. The van der Waals surface area contributed by atoms with E-state index >= 15 is 0 Å². The van der Waals surface area contributed by atoms with Gasteiger partial charge in [0, 0.05) is 13.1 Å². The first kappa shape index (κ1) is 14.9. The average Bonchev–Trinajstić information content (AvgIpc) is 2.43. The average molecular weight is 277 g/mol. The summed E-state index contributed by atoms with van der Waals surface area (Å²) in [5.41, 5.74) is 2.34. The maximum atomic E-state index is 12.1. The number of aryl methyl sites for hydroxylation is 1. The zero-order chi connectivity index (χ0) is 14.5. The van der Waals surface area contributed by atoms with Gasteiger partial charge in [-0.25, -0.2) is 0 Å². The molecule has 1 fully saturated rings. The Labute approximate surface area is 120 Å². The highest BCUT2D eigenvalue weighted by Gasteiger charge is 2.21. The number of benzene rings is 1. The number of hydrogen-bond acceptors (Lipinski definition) is 3. The van der Waals surface area contributed by atoms with Crippen LogP contribution in [0.3, 0.4) is 0 Å². The molecule has 110 valence electrons. The maximum Gasteiger partial charge on any atom is 0.226 e. The van der Waals surface area contributed by atoms with Crippen LogP contribution in [0.25, 0.3) is 0 Å². The number of hydrogen-bond donors (Lipinski definition) is 0. The van der Waals surface area contributed by atoms with Crippen LogP contribution in [0.1, 0.15) is 24.5 Å². The van der Waals surface area contributed by atoms with Gasteiger partial charge in [0.1, 0.15) is 5.75 Å². The molecule has 2 rings (SSSR count). The van der Waals surface area contributed by atoms with Crippen LogP contribution in [-0.4, -0.2) is 43.2 Å². The van der Waals surface area contributed by atoms with Gasteiger partial charge in [-0.15, -0.1) is 0 Å². The van der Waals surface area contributed by atoms with Crippen LogP contribution < -0.4 is 4.74 Å². The van der Waals surface area contributed by atoms with Gasteiger partial charge in [0.25, 0.3) is 0 Å². The van der Waals surface area contributed by atoms with Crippen molar-refractivity contribution in [3.8, 4) is 5.75 Å². The molecular weight excluding hydrogens is 254 g/mol. The molecule has 0 aromatic heterocycles. The molecule has 1 aliphatic rings. The Morgan fingerprint density at radius 2 is 2.25 bits per heavy atom. The third kappa shape index (κ3) is 3.73. The van der Waals surface area contributed by atoms with Crippen LogP contribution in [-0.2, 0) is 9.53 Å². The molecule has 4 heteroatoms. The fourth-order valence-corrected chi connectivity index (χ4v) is 2.33. The third-order valence-electron chi connectivity index (χ3n) is 3.72. The summed E-state index contributed by atoms with van der Waals surface area (Å²) in [4.78, 5) is 13.9. The smallest absolute Gasteiger partial charge is 0.226 e. The molecule has 1 aromatic carbocycles. The third-order valence-corrected chi connectivity index (χ3v) is 3.72. The number of ether oxygens (including phenoxy) is 2. The lowest BCUT2D eigenvalue weighted by molar-refractivity contribution is -0.138. The van der Waals surface area contributed by atoms with Gasteiger partial charge in [0.2, 0.25) is 5.91 Å². The molecular formula is C16H23NO3. The van der Waals surface area contributed by atoms with E-state index < -0.39 is 0 Å². The number of amides is 1. The van der Waals surface area contributed by atoms with E-state index in [4.69, 9.17) is 9.47 Å². The summed E-state index contributed by atoms with van der Waals surface area (Å²) in [7, 11) is 0. The van der Waals surface area contributed by atoms with E-state index in [9.17, 15) is 4.79 Å². The van der Waals surface area contributed by atoms with E-state index in [1.54, 1.807) is 0 Å². The van der Waals surface area contributed by atoms with Crippen molar-refractivity contribution in [1.29, 1.82) is 0 Å². The van der Waals surface area contributed by atoms with E-state index in [1.165, 1.54) is 5.56 Å². The first-order valence-electron chi connectivity index (χ1n) is 7.16. The lowest BCUT2D eigenvalue weighted by atomic mass is 10.1. The van der Waals surface area contributed by atoms with Crippen LogP contribution in [0.4, 0.5) is 0 Å². The van der Waals surface area contributed by atoms with E-state index in [1.807, 2.05) is 30.9 Å². The molecule has 0 N–H and O–H groups in total. The Kier molecular flexibility index (Phi) is 5.01. The molecule has 4 nitrogen and oxygen atoms in total.